The SMILES string of the molecule is CCN1CCC[C@H]1CNC(=O)C(=O)Nc1ccc(Br)cc1. The Bertz CT molecular complexity index is 504. The van der Waals surface area contributed by atoms with Gasteiger partial charge in [-0.2, -0.15) is 0 Å². The molecule has 1 aliphatic rings. The van der Waals surface area contributed by atoms with Crippen molar-refractivity contribution in [3.63, 3.8) is 0 Å². The van der Waals surface area contributed by atoms with Gasteiger partial charge in [-0.1, -0.05) is 22.9 Å². The van der Waals surface area contributed by atoms with E-state index < -0.39 is 11.8 Å². The van der Waals surface area contributed by atoms with Crippen molar-refractivity contribution in [3.05, 3.63) is 28.7 Å². The maximum absolute atomic E-state index is 11.8. The van der Waals surface area contributed by atoms with Crippen molar-refractivity contribution in [2.75, 3.05) is 25.0 Å². The highest BCUT2D eigenvalue weighted by Gasteiger charge is 2.24. The molecule has 0 spiro atoms. The molecule has 0 bridgehead atoms. The van der Waals surface area contributed by atoms with E-state index in [0.29, 0.717) is 18.3 Å². The van der Waals surface area contributed by atoms with Crippen LogP contribution in [0.15, 0.2) is 28.7 Å². The predicted octanol–water partition coefficient (Wildman–Crippen LogP) is 1.99. The highest BCUT2D eigenvalue weighted by Crippen LogP contribution is 2.16. The van der Waals surface area contributed by atoms with E-state index in [1.165, 1.54) is 0 Å². The minimum absolute atomic E-state index is 0.347. The minimum Gasteiger partial charge on any atom is -0.346 e. The minimum atomic E-state index is -0.627. The van der Waals surface area contributed by atoms with Crippen molar-refractivity contribution >= 4 is 33.4 Å². The van der Waals surface area contributed by atoms with E-state index >= 15 is 0 Å². The molecule has 0 aromatic heterocycles. The number of anilines is 1. The number of benzene rings is 1. The lowest BCUT2D eigenvalue weighted by Gasteiger charge is -2.22. The Kier molecular flexibility index (Phi) is 5.76. The number of carbonyl (C=O) groups is 2. The van der Waals surface area contributed by atoms with Gasteiger partial charge in [-0.25, -0.2) is 0 Å². The second-order valence-corrected chi connectivity index (χ2v) is 6.01. The summed E-state index contributed by atoms with van der Waals surface area (Å²) in [5.41, 5.74) is 0.606. The van der Waals surface area contributed by atoms with E-state index in [2.05, 4.69) is 38.4 Å². The van der Waals surface area contributed by atoms with Crippen molar-refractivity contribution in [1.82, 2.24) is 10.2 Å². The summed E-state index contributed by atoms with van der Waals surface area (Å²) in [5, 5.41) is 5.30. The van der Waals surface area contributed by atoms with E-state index in [0.717, 1.165) is 30.4 Å². The molecule has 6 heteroatoms. The fourth-order valence-corrected chi connectivity index (χ4v) is 2.82. The van der Waals surface area contributed by atoms with Gasteiger partial charge in [-0.3, -0.25) is 14.5 Å². The molecule has 1 atom stereocenters. The van der Waals surface area contributed by atoms with Crippen LogP contribution >= 0.6 is 15.9 Å². The molecule has 2 N–H and O–H groups in total. The van der Waals surface area contributed by atoms with E-state index in [4.69, 9.17) is 0 Å². The van der Waals surface area contributed by atoms with Crippen LogP contribution in [0.1, 0.15) is 19.8 Å². The van der Waals surface area contributed by atoms with Gasteiger partial charge in [0.2, 0.25) is 0 Å². The first kappa shape index (κ1) is 16.0. The lowest BCUT2D eigenvalue weighted by Crippen LogP contribution is -2.43. The third-order valence-electron chi connectivity index (χ3n) is 3.71. The molecule has 0 unspecified atom stereocenters. The standard InChI is InChI=1S/C15H20BrN3O2/c1-2-19-9-3-4-13(19)10-17-14(20)15(21)18-12-7-5-11(16)6-8-12/h5-8,13H,2-4,9-10H2,1H3,(H,17,20)(H,18,21)/t13-/m0/s1. The molecule has 1 aromatic carbocycles. The number of halogens is 1. The Balaban J connectivity index is 1.80. The number of hydrogen-bond donors (Lipinski definition) is 2. The van der Waals surface area contributed by atoms with Gasteiger partial charge in [0, 0.05) is 22.7 Å². The zero-order chi connectivity index (χ0) is 15.2. The predicted molar refractivity (Wildman–Crippen MR) is 86.1 cm³/mol. The largest absolute Gasteiger partial charge is 0.346 e. The van der Waals surface area contributed by atoms with Crippen LogP contribution in [0.4, 0.5) is 5.69 Å². The lowest BCUT2D eigenvalue weighted by atomic mass is 10.2. The highest BCUT2D eigenvalue weighted by atomic mass is 79.9. The summed E-state index contributed by atoms with van der Waals surface area (Å²) in [5.74, 6) is -1.21. The maximum atomic E-state index is 11.8. The van der Waals surface area contributed by atoms with Gasteiger partial charge < -0.3 is 10.6 Å². The topological polar surface area (TPSA) is 61.4 Å². The summed E-state index contributed by atoms with van der Waals surface area (Å²) < 4.78 is 0.922. The smallest absolute Gasteiger partial charge is 0.313 e. The molecule has 1 aliphatic heterocycles. The average molecular weight is 354 g/mol. The number of rotatable bonds is 4. The molecule has 0 radical (unpaired) electrons. The van der Waals surface area contributed by atoms with Crippen LogP contribution in [0, 0.1) is 0 Å². The van der Waals surface area contributed by atoms with Gasteiger partial charge >= 0.3 is 11.8 Å². The summed E-state index contributed by atoms with van der Waals surface area (Å²) in [6.07, 6.45) is 2.22. The van der Waals surface area contributed by atoms with Crippen molar-refractivity contribution in [3.8, 4) is 0 Å². The molecule has 1 heterocycles. The summed E-state index contributed by atoms with van der Waals surface area (Å²) in [6, 6.07) is 7.45. The molecule has 2 rings (SSSR count). The van der Waals surface area contributed by atoms with Crippen LogP contribution in [0.5, 0.6) is 0 Å². The van der Waals surface area contributed by atoms with Gasteiger partial charge in [0.15, 0.2) is 0 Å². The Morgan fingerprint density at radius 3 is 2.67 bits per heavy atom. The third-order valence-corrected chi connectivity index (χ3v) is 4.24. The Morgan fingerprint density at radius 1 is 1.29 bits per heavy atom. The maximum Gasteiger partial charge on any atom is 0.313 e. The number of likely N-dealkylation sites (tertiary alicyclic amines) is 1. The van der Waals surface area contributed by atoms with Crippen molar-refractivity contribution in [2.24, 2.45) is 0 Å². The Hall–Kier alpha value is -1.40. The second-order valence-electron chi connectivity index (χ2n) is 5.10. The van der Waals surface area contributed by atoms with E-state index in [1.54, 1.807) is 12.1 Å². The highest BCUT2D eigenvalue weighted by molar-refractivity contribution is 9.10. The normalized spacial score (nSPS) is 18.5. The fraction of sp³-hybridized carbons (Fsp3) is 0.467. The molecule has 1 aromatic rings. The number of likely N-dealkylation sites (N-methyl/N-ethyl adjacent to an activating group) is 1. The quantitative estimate of drug-likeness (QED) is 0.813. The van der Waals surface area contributed by atoms with E-state index in [9.17, 15) is 9.59 Å². The third kappa shape index (κ3) is 4.54. The van der Waals surface area contributed by atoms with Crippen LogP contribution in [0.25, 0.3) is 0 Å². The zero-order valence-electron chi connectivity index (χ0n) is 12.1. The first-order valence-corrected chi connectivity index (χ1v) is 7.98. The average Bonchev–Trinajstić information content (AvgIpc) is 2.94. The molecule has 1 saturated heterocycles. The number of amides is 2. The van der Waals surface area contributed by atoms with Crippen molar-refractivity contribution < 1.29 is 9.59 Å². The van der Waals surface area contributed by atoms with Gasteiger partial charge in [0.05, 0.1) is 0 Å². The second kappa shape index (κ2) is 7.56. The number of nitrogens with zero attached hydrogens (tertiary/aromatic N) is 1. The molecular formula is C15H20BrN3O2. The molecule has 2 amide bonds. The van der Waals surface area contributed by atoms with Gasteiger partial charge in [-0.15, -0.1) is 0 Å². The molecule has 114 valence electrons. The summed E-state index contributed by atoms with van der Waals surface area (Å²) in [7, 11) is 0. The summed E-state index contributed by atoms with van der Waals surface area (Å²) in [6.45, 7) is 4.69. The first-order chi connectivity index (χ1) is 10.1. The van der Waals surface area contributed by atoms with Crippen LogP contribution in [0.2, 0.25) is 0 Å². The number of nitrogens with one attached hydrogen (secondary N) is 2. The van der Waals surface area contributed by atoms with Crippen molar-refractivity contribution in [1.29, 1.82) is 0 Å². The zero-order valence-corrected chi connectivity index (χ0v) is 13.6. The van der Waals surface area contributed by atoms with E-state index in [1.807, 2.05) is 12.1 Å². The molecule has 21 heavy (non-hydrogen) atoms. The first-order valence-electron chi connectivity index (χ1n) is 7.19. The van der Waals surface area contributed by atoms with Crippen LogP contribution in [-0.4, -0.2) is 42.4 Å². The van der Waals surface area contributed by atoms with Gasteiger partial charge in [0.25, 0.3) is 0 Å². The Morgan fingerprint density at radius 2 is 2.00 bits per heavy atom. The Labute approximate surface area is 133 Å². The summed E-state index contributed by atoms with van der Waals surface area (Å²) >= 11 is 3.32. The van der Waals surface area contributed by atoms with E-state index in [-0.39, 0.29) is 0 Å². The van der Waals surface area contributed by atoms with Gasteiger partial charge in [-0.05, 0) is 50.2 Å². The van der Waals surface area contributed by atoms with Gasteiger partial charge in [0.1, 0.15) is 0 Å². The van der Waals surface area contributed by atoms with Crippen molar-refractivity contribution in [2.45, 2.75) is 25.8 Å². The monoisotopic (exact) mass is 353 g/mol. The van der Waals surface area contributed by atoms with Crippen LogP contribution in [-0.2, 0) is 9.59 Å². The molecule has 1 fully saturated rings. The molecule has 5 nitrogen and oxygen atoms in total. The molecule has 0 aliphatic carbocycles. The lowest BCUT2D eigenvalue weighted by molar-refractivity contribution is -0.136. The number of carbonyl (C=O) groups excluding carboxylic acids is 2. The summed E-state index contributed by atoms with van der Waals surface area (Å²) in [4.78, 5) is 25.9. The molecule has 0 saturated carbocycles. The number of hydrogen-bond acceptors (Lipinski definition) is 3. The van der Waals surface area contributed by atoms with Crippen LogP contribution < -0.4 is 10.6 Å². The molecular weight excluding hydrogens is 334 g/mol. The fourth-order valence-electron chi connectivity index (χ4n) is 2.55. The van der Waals surface area contributed by atoms with Crippen LogP contribution in [0.3, 0.4) is 0 Å².